The highest BCUT2D eigenvalue weighted by Crippen LogP contribution is 2.26. The van der Waals surface area contributed by atoms with Gasteiger partial charge in [-0.15, -0.1) is 0 Å². The Bertz CT molecular complexity index is 642. The van der Waals surface area contributed by atoms with E-state index in [-0.39, 0.29) is 6.29 Å². The molecular weight excluding hydrogens is 288 g/mol. The van der Waals surface area contributed by atoms with Crippen molar-refractivity contribution >= 4 is 0 Å². The van der Waals surface area contributed by atoms with Gasteiger partial charge in [0.15, 0.2) is 17.9 Å². The third-order valence-corrected chi connectivity index (χ3v) is 3.56. The zero-order chi connectivity index (χ0) is 15.4. The first-order chi connectivity index (χ1) is 10.7. The summed E-state index contributed by atoms with van der Waals surface area (Å²) in [6, 6.07) is 11.8. The number of hydrogen-bond acceptors (Lipinski definition) is 3. The molecule has 2 aromatic rings. The van der Waals surface area contributed by atoms with Crippen LogP contribution in [-0.2, 0) is 22.6 Å². The minimum Gasteiger partial charge on any atom is -0.346 e. The van der Waals surface area contributed by atoms with E-state index in [1.165, 1.54) is 6.07 Å². The summed E-state index contributed by atoms with van der Waals surface area (Å²) in [5.41, 5.74) is 2.76. The molecule has 3 nitrogen and oxygen atoms in total. The Morgan fingerprint density at radius 2 is 1.73 bits per heavy atom. The number of ether oxygens (including phenoxy) is 2. The molecule has 1 fully saturated rings. The molecule has 1 aliphatic heterocycles. The van der Waals surface area contributed by atoms with Crippen molar-refractivity contribution in [1.82, 2.24) is 5.32 Å². The number of nitrogens with one attached hydrogen (secondary N) is 1. The van der Waals surface area contributed by atoms with E-state index in [1.807, 2.05) is 24.3 Å². The first kappa shape index (κ1) is 15.1. The van der Waals surface area contributed by atoms with E-state index in [0.717, 1.165) is 17.2 Å². The molecule has 22 heavy (non-hydrogen) atoms. The summed E-state index contributed by atoms with van der Waals surface area (Å²) in [6.45, 7) is 2.25. The molecule has 116 valence electrons. The monoisotopic (exact) mass is 305 g/mol. The quantitative estimate of drug-likeness (QED) is 0.919. The van der Waals surface area contributed by atoms with E-state index < -0.39 is 11.6 Å². The van der Waals surface area contributed by atoms with Crippen molar-refractivity contribution < 1.29 is 18.3 Å². The average Bonchev–Trinajstić information content (AvgIpc) is 3.05. The van der Waals surface area contributed by atoms with Crippen LogP contribution >= 0.6 is 0 Å². The second-order valence-electron chi connectivity index (χ2n) is 5.12. The van der Waals surface area contributed by atoms with E-state index in [2.05, 4.69) is 5.32 Å². The summed E-state index contributed by atoms with van der Waals surface area (Å²) in [7, 11) is 0. The van der Waals surface area contributed by atoms with Gasteiger partial charge in [-0.25, -0.2) is 8.78 Å². The van der Waals surface area contributed by atoms with Gasteiger partial charge in [-0.3, -0.25) is 0 Å². The zero-order valence-electron chi connectivity index (χ0n) is 12.0. The molecule has 0 bridgehead atoms. The van der Waals surface area contributed by atoms with Crippen LogP contribution in [0.2, 0.25) is 0 Å². The highest BCUT2D eigenvalue weighted by Gasteiger charge is 2.20. The van der Waals surface area contributed by atoms with Gasteiger partial charge in [0.05, 0.1) is 13.2 Å². The molecule has 1 heterocycles. The van der Waals surface area contributed by atoms with E-state index in [0.29, 0.717) is 31.9 Å². The van der Waals surface area contributed by atoms with Crippen LogP contribution in [0, 0.1) is 11.6 Å². The predicted molar refractivity (Wildman–Crippen MR) is 78.0 cm³/mol. The van der Waals surface area contributed by atoms with E-state index >= 15 is 0 Å². The molecular formula is C17H17F2NO2. The van der Waals surface area contributed by atoms with Crippen molar-refractivity contribution in [2.45, 2.75) is 19.4 Å². The fourth-order valence-corrected chi connectivity index (χ4v) is 2.45. The van der Waals surface area contributed by atoms with Crippen molar-refractivity contribution in [2.24, 2.45) is 0 Å². The molecule has 0 radical (unpaired) electrons. The number of hydrogen-bond donors (Lipinski definition) is 1. The Morgan fingerprint density at radius 1 is 0.955 bits per heavy atom. The first-order valence-corrected chi connectivity index (χ1v) is 7.19. The maximum atomic E-state index is 13.2. The van der Waals surface area contributed by atoms with Gasteiger partial charge < -0.3 is 14.8 Å². The van der Waals surface area contributed by atoms with Crippen molar-refractivity contribution in [2.75, 3.05) is 13.2 Å². The van der Waals surface area contributed by atoms with Crippen molar-refractivity contribution in [3.8, 4) is 0 Å². The minimum absolute atomic E-state index is 0.318. The summed E-state index contributed by atoms with van der Waals surface area (Å²) in [6.07, 6.45) is -0.318. The molecule has 0 aromatic heterocycles. The lowest BCUT2D eigenvalue weighted by molar-refractivity contribution is -0.0447. The van der Waals surface area contributed by atoms with Crippen LogP contribution in [0.3, 0.4) is 0 Å². The SMILES string of the molecule is Fc1ccc(CNCc2ccccc2C2OCCO2)cc1F. The molecule has 0 amide bonds. The molecule has 3 rings (SSSR count). The standard InChI is InChI=1S/C17H17F2NO2/c18-15-6-5-12(9-16(15)19)10-20-11-13-3-1-2-4-14(13)17-21-7-8-22-17/h1-6,9,17,20H,7-8,10-11H2. The van der Waals surface area contributed by atoms with Crippen LogP contribution in [-0.4, -0.2) is 13.2 Å². The maximum absolute atomic E-state index is 13.2. The molecule has 0 spiro atoms. The van der Waals surface area contributed by atoms with Crippen LogP contribution in [0.4, 0.5) is 8.78 Å². The van der Waals surface area contributed by atoms with Crippen molar-refractivity contribution in [1.29, 1.82) is 0 Å². The fourth-order valence-electron chi connectivity index (χ4n) is 2.45. The van der Waals surface area contributed by atoms with E-state index in [1.54, 1.807) is 6.07 Å². The number of rotatable bonds is 5. The third-order valence-electron chi connectivity index (χ3n) is 3.56. The minimum atomic E-state index is -0.829. The smallest absolute Gasteiger partial charge is 0.184 e. The molecule has 1 aliphatic rings. The van der Waals surface area contributed by atoms with Crippen LogP contribution in [0.25, 0.3) is 0 Å². The van der Waals surface area contributed by atoms with Gasteiger partial charge in [0.1, 0.15) is 0 Å². The fraction of sp³-hybridized carbons (Fsp3) is 0.294. The van der Waals surface area contributed by atoms with Gasteiger partial charge in [0.25, 0.3) is 0 Å². The van der Waals surface area contributed by atoms with Crippen LogP contribution in [0.15, 0.2) is 42.5 Å². The van der Waals surface area contributed by atoms with Gasteiger partial charge in [-0.2, -0.15) is 0 Å². The highest BCUT2D eigenvalue weighted by molar-refractivity contribution is 5.28. The second kappa shape index (κ2) is 6.96. The molecule has 1 saturated heterocycles. The van der Waals surface area contributed by atoms with Crippen LogP contribution < -0.4 is 5.32 Å². The maximum Gasteiger partial charge on any atom is 0.184 e. The Morgan fingerprint density at radius 3 is 2.50 bits per heavy atom. The lowest BCUT2D eigenvalue weighted by Crippen LogP contribution is -2.15. The number of halogens is 2. The Kier molecular flexibility index (Phi) is 4.77. The summed E-state index contributed by atoms with van der Waals surface area (Å²) < 4.78 is 37.1. The molecule has 0 unspecified atom stereocenters. The first-order valence-electron chi connectivity index (χ1n) is 7.19. The van der Waals surface area contributed by atoms with Gasteiger partial charge in [-0.05, 0) is 23.3 Å². The molecule has 0 atom stereocenters. The molecule has 0 aliphatic carbocycles. The van der Waals surface area contributed by atoms with Crippen molar-refractivity contribution in [3.63, 3.8) is 0 Å². The molecule has 5 heteroatoms. The topological polar surface area (TPSA) is 30.5 Å². The summed E-state index contributed by atoms with van der Waals surface area (Å²) in [5, 5.41) is 3.23. The summed E-state index contributed by atoms with van der Waals surface area (Å²) in [5.74, 6) is -1.66. The van der Waals surface area contributed by atoms with Gasteiger partial charge in [0, 0.05) is 18.7 Å². The van der Waals surface area contributed by atoms with E-state index in [4.69, 9.17) is 9.47 Å². The van der Waals surface area contributed by atoms with Gasteiger partial charge >= 0.3 is 0 Å². The Labute approximate surface area is 127 Å². The summed E-state index contributed by atoms with van der Waals surface area (Å²) in [4.78, 5) is 0. The van der Waals surface area contributed by atoms with Crippen LogP contribution in [0.1, 0.15) is 23.0 Å². The van der Waals surface area contributed by atoms with Gasteiger partial charge in [-0.1, -0.05) is 30.3 Å². The zero-order valence-corrected chi connectivity index (χ0v) is 12.0. The largest absolute Gasteiger partial charge is 0.346 e. The lowest BCUT2D eigenvalue weighted by atomic mass is 10.1. The molecule has 1 N–H and O–H groups in total. The third kappa shape index (κ3) is 3.50. The normalized spacial score (nSPS) is 15.4. The Hall–Kier alpha value is -1.82. The highest BCUT2D eigenvalue weighted by atomic mass is 19.2. The predicted octanol–water partition coefficient (Wildman–Crippen LogP) is 3.30. The Balaban J connectivity index is 1.62. The van der Waals surface area contributed by atoms with Crippen LogP contribution in [0.5, 0.6) is 0 Å². The second-order valence-corrected chi connectivity index (χ2v) is 5.12. The van der Waals surface area contributed by atoms with Crippen molar-refractivity contribution in [3.05, 3.63) is 70.8 Å². The molecule has 2 aromatic carbocycles. The molecule has 0 saturated carbocycles. The average molecular weight is 305 g/mol. The lowest BCUT2D eigenvalue weighted by Gasteiger charge is -2.15. The summed E-state index contributed by atoms with van der Waals surface area (Å²) >= 11 is 0. The van der Waals surface area contributed by atoms with Gasteiger partial charge in [0.2, 0.25) is 0 Å². The van der Waals surface area contributed by atoms with E-state index in [9.17, 15) is 8.78 Å². The number of benzene rings is 2.